The van der Waals surface area contributed by atoms with Gasteiger partial charge in [0.25, 0.3) is 5.91 Å². The average molecular weight is 576 g/mol. The summed E-state index contributed by atoms with van der Waals surface area (Å²) >= 11 is 0. The van der Waals surface area contributed by atoms with Gasteiger partial charge in [-0.1, -0.05) is 70.0 Å². The van der Waals surface area contributed by atoms with Crippen molar-refractivity contribution in [2.24, 2.45) is 11.8 Å². The minimum Gasteiger partial charge on any atom is -0.444 e. The molecule has 0 fully saturated rings. The predicted octanol–water partition coefficient (Wildman–Crippen LogP) is 7.17. The number of nitrogens with one attached hydrogen (secondary N) is 2. The number of rotatable bonds is 11. The number of hydrogen-bond donors (Lipinski definition) is 2. The second-order valence-corrected chi connectivity index (χ2v) is 12.8. The zero-order valence-corrected chi connectivity index (χ0v) is 27.0. The largest absolute Gasteiger partial charge is 0.444 e. The smallest absolute Gasteiger partial charge is 0.408 e. The number of nitrogens with zero attached hydrogens (tertiary/aromatic N) is 1. The summed E-state index contributed by atoms with van der Waals surface area (Å²) in [6.45, 7) is 19.1. The number of hydrogen-bond acceptors (Lipinski definition) is 4. The minimum absolute atomic E-state index is 0.282. The summed E-state index contributed by atoms with van der Waals surface area (Å²) in [4.78, 5) is 43.5. The fourth-order valence-corrected chi connectivity index (χ4v) is 4.91. The zero-order valence-electron chi connectivity index (χ0n) is 27.0. The number of alkyl carbamates (subject to hydrolysis) is 1. The van der Waals surface area contributed by atoms with E-state index in [1.807, 2.05) is 65.0 Å². The third-order valence-electron chi connectivity index (χ3n) is 7.16. The fraction of sp³-hybridized carbons (Fsp3) is 0.514. The molecule has 0 aromatic heterocycles. The molecule has 0 aliphatic carbocycles. The molecule has 0 bridgehead atoms. The van der Waals surface area contributed by atoms with Gasteiger partial charge in [-0.3, -0.25) is 9.59 Å². The summed E-state index contributed by atoms with van der Waals surface area (Å²) in [5, 5.41) is 5.90. The molecule has 0 aliphatic rings. The van der Waals surface area contributed by atoms with Crippen LogP contribution in [-0.2, 0) is 14.3 Å². The normalized spacial score (nSPS) is 13.6. The molecule has 0 saturated heterocycles. The first-order chi connectivity index (χ1) is 19.6. The molecule has 2 rings (SSSR count). The van der Waals surface area contributed by atoms with Crippen molar-refractivity contribution in [1.82, 2.24) is 10.2 Å². The van der Waals surface area contributed by atoms with E-state index in [1.54, 1.807) is 37.8 Å². The van der Waals surface area contributed by atoms with Crippen LogP contribution in [0.15, 0.2) is 42.5 Å². The van der Waals surface area contributed by atoms with E-state index in [9.17, 15) is 14.4 Å². The van der Waals surface area contributed by atoms with Gasteiger partial charge in [-0.15, -0.1) is 6.42 Å². The first-order valence-electron chi connectivity index (χ1n) is 14.8. The van der Waals surface area contributed by atoms with Gasteiger partial charge in [0.05, 0.1) is 0 Å². The van der Waals surface area contributed by atoms with Crippen molar-refractivity contribution in [1.29, 1.82) is 0 Å². The number of para-hydroxylation sites is 1. The molecule has 3 amide bonds. The molecule has 0 aliphatic heterocycles. The first-order valence-corrected chi connectivity index (χ1v) is 14.8. The topological polar surface area (TPSA) is 87.7 Å². The number of benzene rings is 2. The van der Waals surface area contributed by atoms with Crippen LogP contribution in [0, 0.1) is 38.0 Å². The third-order valence-corrected chi connectivity index (χ3v) is 7.16. The Balaban J connectivity index is 2.73. The maximum atomic E-state index is 14.6. The maximum absolute atomic E-state index is 14.6. The molecule has 3 atom stereocenters. The summed E-state index contributed by atoms with van der Waals surface area (Å²) in [7, 11) is 0. The molecule has 2 aromatic rings. The molecule has 0 spiro atoms. The Bertz CT molecular complexity index is 1270. The number of ether oxygens (including phenoxy) is 1. The molecule has 42 heavy (non-hydrogen) atoms. The Kier molecular flexibility index (Phi) is 12.2. The molecule has 7 nitrogen and oxygen atoms in total. The van der Waals surface area contributed by atoms with Gasteiger partial charge < -0.3 is 20.3 Å². The van der Waals surface area contributed by atoms with Crippen molar-refractivity contribution < 1.29 is 19.1 Å². The van der Waals surface area contributed by atoms with E-state index in [2.05, 4.69) is 30.4 Å². The summed E-state index contributed by atoms with van der Waals surface area (Å²) in [6, 6.07) is 10.7. The van der Waals surface area contributed by atoms with Crippen LogP contribution >= 0.6 is 0 Å². The highest BCUT2D eigenvalue weighted by Crippen LogP contribution is 2.32. The summed E-state index contributed by atoms with van der Waals surface area (Å²) in [5.41, 5.74) is 2.84. The van der Waals surface area contributed by atoms with Crippen LogP contribution in [0.25, 0.3) is 0 Å². The van der Waals surface area contributed by atoms with Gasteiger partial charge in [-0.2, -0.15) is 0 Å². The van der Waals surface area contributed by atoms with Gasteiger partial charge in [-0.25, -0.2) is 4.79 Å². The van der Waals surface area contributed by atoms with Crippen LogP contribution in [-0.4, -0.2) is 40.5 Å². The van der Waals surface area contributed by atoms with Crippen molar-refractivity contribution >= 4 is 23.6 Å². The molecule has 2 aromatic carbocycles. The van der Waals surface area contributed by atoms with Gasteiger partial charge in [-0.05, 0) is 89.0 Å². The lowest BCUT2D eigenvalue weighted by molar-refractivity contribution is -0.144. The second-order valence-electron chi connectivity index (χ2n) is 12.8. The summed E-state index contributed by atoms with van der Waals surface area (Å²) in [6.07, 6.45) is 6.73. The Morgan fingerprint density at radius 1 is 0.929 bits per heavy atom. The lowest BCUT2D eigenvalue weighted by Gasteiger charge is -2.40. The predicted molar refractivity (Wildman–Crippen MR) is 170 cm³/mol. The van der Waals surface area contributed by atoms with Crippen LogP contribution < -0.4 is 10.6 Å². The van der Waals surface area contributed by atoms with Crippen LogP contribution in [0.3, 0.4) is 0 Å². The molecule has 2 N–H and O–H groups in total. The molecule has 3 unspecified atom stereocenters. The SMILES string of the molecule is C#Cc1ccccc1C(C(=O)Nc1c(C)cccc1C)N(C(=O)C(NC(=O)OC(C)(C)C)C(C)C)C(C)CCC(C)C. The highest BCUT2D eigenvalue weighted by molar-refractivity contribution is 6.00. The molecule has 0 saturated carbocycles. The molecule has 0 heterocycles. The van der Waals surface area contributed by atoms with E-state index in [0.29, 0.717) is 29.2 Å². The Morgan fingerprint density at radius 2 is 1.52 bits per heavy atom. The van der Waals surface area contributed by atoms with E-state index >= 15 is 0 Å². The van der Waals surface area contributed by atoms with E-state index < -0.39 is 23.8 Å². The first kappa shape index (κ1) is 34.4. The van der Waals surface area contributed by atoms with Gasteiger partial charge in [0.1, 0.15) is 17.7 Å². The Labute approximate surface area is 252 Å². The van der Waals surface area contributed by atoms with Crippen LogP contribution in [0.2, 0.25) is 0 Å². The highest BCUT2D eigenvalue weighted by Gasteiger charge is 2.40. The van der Waals surface area contributed by atoms with Crippen LogP contribution in [0.5, 0.6) is 0 Å². The van der Waals surface area contributed by atoms with Crippen molar-refractivity contribution in [3.05, 3.63) is 64.7 Å². The molecular formula is C35H49N3O4. The van der Waals surface area contributed by atoms with E-state index in [1.165, 1.54) is 0 Å². The second kappa shape index (κ2) is 14.9. The summed E-state index contributed by atoms with van der Waals surface area (Å²) in [5.74, 6) is 2.06. The lowest BCUT2D eigenvalue weighted by atomic mass is 9.92. The monoisotopic (exact) mass is 575 g/mol. The fourth-order valence-electron chi connectivity index (χ4n) is 4.91. The lowest BCUT2D eigenvalue weighted by Crippen LogP contribution is -2.56. The third kappa shape index (κ3) is 9.37. The van der Waals surface area contributed by atoms with Crippen molar-refractivity contribution in [2.45, 2.75) is 106 Å². The van der Waals surface area contributed by atoms with E-state index in [4.69, 9.17) is 11.2 Å². The standard InChI is InChI=1S/C35H49N3O4/c1-12-27-18-13-14-19-28(27)31(32(39)36-30-24(6)16-15-17-25(30)7)38(26(8)21-20-22(2)3)33(40)29(23(4)5)37-34(41)42-35(9,10)11/h1,13-19,22-23,26,29,31H,20-21H2,2-11H3,(H,36,39)(H,37,41). The molecular weight excluding hydrogens is 526 g/mol. The van der Waals surface area contributed by atoms with Gasteiger partial charge in [0, 0.05) is 17.3 Å². The quantitative estimate of drug-likeness (QED) is 0.278. The number of aryl methyl sites for hydroxylation is 2. The average Bonchev–Trinajstić information content (AvgIpc) is 2.89. The number of terminal acetylenes is 1. The number of amides is 3. The van der Waals surface area contributed by atoms with E-state index in [0.717, 1.165) is 17.5 Å². The Morgan fingerprint density at radius 3 is 2.05 bits per heavy atom. The van der Waals surface area contributed by atoms with Crippen molar-refractivity contribution in [3.63, 3.8) is 0 Å². The zero-order chi connectivity index (χ0) is 31.8. The van der Waals surface area contributed by atoms with Crippen LogP contribution in [0.4, 0.5) is 10.5 Å². The van der Waals surface area contributed by atoms with E-state index in [-0.39, 0.29) is 23.8 Å². The Hall–Kier alpha value is -3.79. The highest BCUT2D eigenvalue weighted by atomic mass is 16.6. The number of carbonyl (C=O) groups excluding carboxylic acids is 3. The number of carbonyl (C=O) groups is 3. The minimum atomic E-state index is -1.05. The maximum Gasteiger partial charge on any atom is 0.408 e. The van der Waals surface area contributed by atoms with Gasteiger partial charge >= 0.3 is 6.09 Å². The molecule has 228 valence electrons. The van der Waals surface area contributed by atoms with Crippen molar-refractivity contribution in [3.8, 4) is 12.3 Å². The van der Waals surface area contributed by atoms with Crippen molar-refractivity contribution in [2.75, 3.05) is 5.32 Å². The van der Waals surface area contributed by atoms with Gasteiger partial charge in [0.15, 0.2) is 0 Å². The van der Waals surface area contributed by atoms with Gasteiger partial charge in [0.2, 0.25) is 5.91 Å². The molecule has 7 heteroatoms. The molecule has 0 radical (unpaired) electrons. The van der Waals surface area contributed by atoms with Crippen LogP contribution in [0.1, 0.15) is 96.5 Å². The number of anilines is 1. The summed E-state index contributed by atoms with van der Waals surface area (Å²) < 4.78 is 5.50.